The first-order valence-electron chi connectivity index (χ1n) is 10.7. The van der Waals surface area contributed by atoms with Gasteiger partial charge in [-0.1, -0.05) is 54.6 Å². The van der Waals surface area contributed by atoms with Crippen molar-refractivity contribution in [3.8, 4) is 5.75 Å². The number of carboxylic acids is 1. The number of benzene rings is 3. The van der Waals surface area contributed by atoms with Gasteiger partial charge in [-0.3, -0.25) is 4.79 Å². The fourth-order valence-electron chi connectivity index (χ4n) is 5.19. The van der Waals surface area contributed by atoms with Gasteiger partial charge in [0.2, 0.25) is 0 Å². The number of aliphatic carboxylic acids is 1. The number of allylic oxidation sites excluding steroid dienone is 3. The molecule has 3 aromatic carbocycles. The number of hydrogen-bond acceptors (Lipinski definition) is 4. The molecule has 3 N–H and O–H groups in total. The number of carbonyl (C=O) groups excluding carboxylic acids is 1. The van der Waals surface area contributed by atoms with E-state index >= 15 is 0 Å². The second-order valence-corrected chi connectivity index (χ2v) is 8.49. The van der Waals surface area contributed by atoms with E-state index in [1.165, 1.54) is 6.07 Å². The predicted molar refractivity (Wildman–Crippen MR) is 122 cm³/mol. The Labute approximate surface area is 185 Å². The highest BCUT2D eigenvalue weighted by molar-refractivity contribution is 6.04. The Morgan fingerprint density at radius 2 is 1.75 bits per heavy atom. The number of ketones is 1. The van der Waals surface area contributed by atoms with Crippen LogP contribution in [-0.2, 0) is 9.59 Å². The molecular weight excluding hydrogens is 402 g/mol. The van der Waals surface area contributed by atoms with Gasteiger partial charge >= 0.3 is 5.97 Å². The maximum Gasteiger partial charge on any atom is 0.334 e. The average Bonchev–Trinajstić information content (AvgIpc) is 2.77. The molecule has 2 unspecified atom stereocenters. The SMILES string of the molecule is CC1=C(C(=O)O)C(c2cccc(O)c2)C2=C(CC(c3cccc4ccccc34)CC2=O)N1. The molecule has 32 heavy (non-hydrogen) atoms. The summed E-state index contributed by atoms with van der Waals surface area (Å²) in [7, 11) is 0. The van der Waals surface area contributed by atoms with Gasteiger partial charge in [0.15, 0.2) is 5.78 Å². The molecule has 1 heterocycles. The van der Waals surface area contributed by atoms with E-state index in [4.69, 9.17) is 0 Å². The zero-order valence-corrected chi connectivity index (χ0v) is 17.6. The van der Waals surface area contributed by atoms with E-state index in [2.05, 4.69) is 29.6 Å². The summed E-state index contributed by atoms with van der Waals surface area (Å²) in [5.74, 6) is -1.79. The van der Waals surface area contributed by atoms with Crippen LogP contribution in [0.1, 0.15) is 42.7 Å². The Balaban J connectivity index is 1.62. The van der Waals surface area contributed by atoms with Crippen LogP contribution in [0.4, 0.5) is 0 Å². The van der Waals surface area contributed by atoms with Gasteiger partial charge < -0.3 is 15.5 Å². The molecule has 1 aliphatic carbocycles. The normalized spacial score (nSPS) is 20.8. The van der Waals surface area contributed by atoms with Gasteiger partial charge in [-0.2, -0.15) is 0 Å². The second kappa shape index (κ2) is 7.68. The number of carbonyl (C=O) groups is 2. The fourth-order valence-corrected chi connectivity index (χ4v) is 5.19. The lowest BCUT2D eigenvalue weighted by Gasteiger charge is -2.36. The minimum Gasteiger partial charge on any atom is -0.508 e. The lowest BCUT2D eigenvalue weighted by atomic mass is 9.71. The molecular formula is C27H23NO4. The van der Waals surface area contributed by atoms with Gasteiger partial charge in [0.05, 0.1) is 5.57 Å². The summed E-state index contributed by atoms with van der Waals surface area (Å²) in [6.45, 7) is 1.73. The summed E-state index contributed by atoms with van der Waals surface area (Å²) in [6, 6.07) is 20.8. The van der Waals surface area contributed by atoms with Crippen LogP contribution in [0.15, 0.2) is 89.3 Å². The predicted octanol–water partition coefficient (Wildman–Crippen LogP) is 4.99. The zero-order valence-electron chi connectivity index (χ0n) is 17.6. The lowest BCUT2D eigenvalue weighted by molar-refractivity contribution is -0.133. The van der Waals surface area contributed by atoms with E-state index in [9.17, 15) is 19.8 Å². The van der Waals surface area contributed by atoms with Crippen LogP contribution < -0.4 is 5.32 Å². The molecule has 5 heteroatoms. The molecule has 0 aromatic heterocycles. The van der Waals surface area contributed by atoms with E-state index in [0.29, 0.717) is 29.7 Å². The van der Waals surface area contributed by atoms with Crippen molar-refractivity contribution in [3.05, 3.63) is 100 Å². The highest BCUT2D eigenvalue weighted by Gasteiger charge is 2.41. The average molecular weight is 425 g/mol. The van der Waals surface area contributed by atoms with Gasteiger partial charge in [0.1, 0.15) is 5.75 Å². The Morgan fingerprint density at radius 3 is 2.53 bits per heavy atom. The van der Waals surface area contributed by atoms with Gasteiger partial charge in [-0.25, -0.2) is 4.79 Å². The number of aromatic hydroxyl groups is 1. The minimum absolute atomic E-state index is 0.00357. The molecule has 3 aromatic rings. The Hall–Kier alpha value is -3.86. The standard InChI is InChI=1S/C27H23NO4/c1-15-24(27(31)32)25(17-8-4-9-19(29)12-17)26-22(28-15)13-18(14-23(26)30)21-11-5-7-16-6-2-3-10-20(16)21/h2-12,18,25,28-29H,13-14H2,1H3,(H,31,32). The first-order chi connectivity index (χ1) is 15.4. The third-order valence-electron chi connectivity index (χ3n) is 6.52. The van der Waals surface area contributed by atoms with Gasteiger partial charge in [0, 0.05) is 29.3 Å². The largest absolute Gasteiger partial charge is 0.508 e. The molecule has 2 aliphatic rings. The summed E-state index contributed by atoms with van der Waals surface area (Å²) in [5.41, 5.74) is 3.67. The van der Waals surface area contributed by atoms with Crippen molar-refractivity contribution in [2.75, 3.05) is 0 Å². The van der Waals surface area contributed by atoms with Crippen molar-refractivity contribution in [2.24, 2.45) is 0 Å². The molecule has 0 saturated carbocycles. The van der Waals surface area contributed by atoms with Crippen molar-refractivity contribution in [1.29, 1.82) is 0 Å². The summed E-state index contributed by atoms with van der Waals surface area (Å²) in [5, 5.41) is 25.5. The Bertz CT molecular complexity index is 1330. The van der Waals surface area contributed by atoms with Gasteiger partial charge in [-0.05, 0) is 53.3 Å². The van der Waals surface area contributed by atoms with Crippen LogP contribution >= 0.6 is 0 Å². The number of rotatable bonds is 3. The van der Waals surface area contributed by atoms with Crippen LogP contribution in [0.2, 0.25) is 0 Å². The maximum absolute atomic E-state index is 13.5. The number of phenols is 1. The fraction of sp³-hybridized carbons (Fsp3) is 0.185. The summed E-state index contributed by atoms with van der Waals surface area (Å²) in [6.07, 6.45) is 0.935. The van der Waals surface area contributed by atoms with Crippen LogP contribution in [-0.4, -0.2) is 22.0 Å². The summed E-state index contributed by atoms with van der Waals surface area (Å²) in [4.78, 5) is 25.7. The van der Waals surface area contributed by atoms with Crippen LogP contribution in [0, 0.1) is 0 Å². The van der Waals surface area contributed by atoms with Crippen molar-refractivity contribution < 1.29 is 19.8 Å². The molecule has 0 spiro atoms. The van der Waals surface area contributed by atoms with Crippen molar-refractivity contribution in [2.45, 2.75) is 31.6 Å². The summed E-state index contributed by atoms with van der Waals surface area (Å²) < 4.78 is 0. The number of phenolic OH excluding ortho intramolecular Hbond substituents is 1. The summed E-state index contributed by atoms with van der Waals surface area (Å²) >= 11 is 0. The maximum atomic E-state index is 13.5. The lowest BCUT2D eigenvalue weighted by Crippen LogP contribution is -2.35. The van der Waals surface area contributed by atoms with Crippen LogP contribution in [0.3, 0.4) is 0 Å². The molecule has 0 fully saturated rings. The molecule has 0 amide bonds. The molecule has 5 nitrogen and oxygen atoms in total. The van der Waals surface area contributed by atoms with E-state index in [1.807, 2.05) is 18.2 Å². The first-order valence-corrected chi connectivity index (χ1v) is 10.7. The third-order valence-corrected chi connectivity index (χ3v) is 6.52. The van der Waals surface area contributed by atoms with E-state index in [-0.39, 0.29) is 23.0 Å². The van der Waals surface area contributed by atoms with Crippen molar-refractivity contribution in [1.82, 2.24) is 5.32 Å². The van der Waals surface area contributed by atoms with Crippen molar-refractivity contribution in [3.63, 3.8) is 0 Å². The molecule has 0 bridgehead atoms. The number of dihydropyridines is 1. The van der Waals surface area contributed by atoms with Gasteiger partial charge in [-0.15, -0.1) is 0 Å². The first kappa shape index (κ1) is 20.1. The molecule has 0 saturated heterocycles. The zero-order chi connectivity index (χ0) is 22.4. The highest BCUT2D eigenvalue weighted by Crippen LogP contribution is 2.46. The molecule has 5 rings (SSSR count). The number of nitrogens with one attached hydrogen (secondary N) is 1. The van der Waals surface area contributed by atoms with E-state index in [1.54, 1.807) is 25.1 Å². The van der Waals surface area contributed by atoms with Crippen LogP contribution in [0.5, 0.6) is 5.75 Å². The topological polar surface area (TPSA) is 86.6 Å². The smallest absolute Gasteiger partial charge is 0.334 e. The van der Waals surface area contributed by atoms with Crippen molar-refractivity contribution >= 4 is 22.5 Å². The third kappa shape index (κ3) is 3.26. The molecule has 2 atom stereocenters. The number of carboxylic acid groups (broad SMARTS) is 1. The Kier molecular flexibility index (Phi) is 4.82. The highest BCUT2D eigenvalue weighted by atomic mass is 16.4. The number of Topliss-reactive ketones (excluding diaryl/α,β-unsaturated/α-hetero) is 1. The minimum atomic E-state index is -1.07. The quantitative estimate of drug-likeness (QED) is 0.550. The van der Waals surface area contributed by atoms with E-state index < -0.39 is 11.9 Å². The molecule has 1 aliphatic heterocycles. The second-order valence-electron chi connectivity index (χ2n) is 8.49. The van der Waals surface area contributed by atoms with E-state index in [0.717, 1.165) is 22.0 Å². The monoisotopic (exact) mass is 425 g/mol. The Morgan fingerprint density at radius 1 is 1.00 bits per heavy atom. The van der Waals surface area contributed by atoms with Crippen LogP contribution in [0.25, 0.3) is 10.8 Å². The molecule has 0 radical (unpaired) electrons. The van der Waals surface area contributed by atoms with Gasteiger partial charge in [0.25, 0.3) is 0 Å². The number of hydrogen-bond donors (Lipinski definition) is 3. The molecule has 160 valence electrons. The number of fused-ring (bicyclic) bond motifs is 1.